The molecule has 48 valence electrons. The molecule has 1 aliphatic rings. The van der Waals surface area contributed by atoms with Gasteiger partial charge in [0.1, 0.15) is 0 Å². The van der Waals surface area contributed by atoms with E-state index in [1.54, 1.807) is 11.5 Å². The molecule has 0 unspecified atom stereocenters. The summed E-state index contributed by atoms with van der Waals surface area (Å²) in [6.07, 6.45) is 2.96. The predicted molar refractivity (Wildman–Crippen MR) is 35.5 cm³/mol. The summed E-state index contributed by atoms with van der Waals surface area (Å²) in [6.45, 7) is 1.64. The largest absolute Gasteiger partial charge is 0.376 e. The molecule has 0 amide bonds. The molecule has 0 radical (unpaired) electrons. The Balaban J connectivity index is 2.39. The fourth-order valence-corrected chi connectivity index (χ4v) is 1.67. The Morgan fingerprint density at radius 1 is 1.67 bits per heavy atom. The molecule has 0 atom stereocenters. The van der Waals surface area contributed by atoms with E-state index in [0.29, 0.717) is 0 Å². The fourth-order valence-electron chi connectivity index (χ4n) is 0.955. The monoisotopic (exact) mass is 141 g/mol. The van der Waals surface area contributed by atoms with Crippen molar-refractivity contribution in [2.75, 3.05) is 6.61 Å². The maximum Gasteiger partial charge on any atom is 0.0743 e. The molecule has 1 aromatic rings. The third-order valence-corrected chi connectivity index (χ3v) is 2.36. The summed E-state index contributed by atoms with van der Waals surface area (Å²) in [5.41, 5.74) is 1.28. The smallest absolute Gasteiger partial charge is 0.0743 e. The lowest BCUT2D eigenvalue weighted by Crippen LogP contribution is -2.05. The molecule has 0 aliphatic carbocycles. The lowest BCUT2D eigenvalue weighted by atomic mass is 10.2. The van der Waals surface area contributed by atoms with Gasteiger partial charge in [-0.25, -0.2) is 4.37 Å². The van der Waals surface area contributed by atoms with Crippen molar-refractivity contribution in [2.24, 2.45) is 0 Å². The molecule has 2 nitrogen and oxygen atoms in total. The predicted octanol–water partition coefficient (Wildman–Crippen LogP) is 1.22. The molecule has 0 fully saturated rings. The van der Waals surface area contributed by atoms with Crippen molar-refractivity contribution in [1.82, 2.24) is 4.37 Å². The van der Waals surface area contributed by atoms with Gasteiger partial charge in [-0.05, 0) is 11.5 Å². The summed E-state index contributed by atoms with van der Waals surface area (Å²) in [5.74, 6) is 0. The number of hydrogen-bond donors (Lipinski definition) is 0. The molecule has 0 N–H and O–H groups in total. The first-order chi connectivity index (χ1) is 4.47. The Morgan fingerprint density at radius 3 is 3.56 bits per heavy atom. The van der Waals surface area contributed by atoms with Gasteiger partial charge in [0, 0.05) is 23.1 Å². The zero-order valence-corrected chi connectivity index (χ0v) is 5.78. The Labute approximate surface area is 57.6 Å². The minimum atomic E-state index is 0.770. The molecule has 0 bridgehead atoms. The van der Waals surface area contributed by atoms with Crippen LogP contribution in [0.15, 0.2) is 6.20 Å². The van der Waals surface area contributed by atoms with Crippen LogP contribution in [-0.2, 0) is 17.8 Å². The Kier molecular flexibility index (Phi) is 1.24. The van der Waals surface area contributed by atoms with Crippen LogP contribution in [0.1, 0.15) is 10.4 Å². The third kappa shape index (κ3) is 0.862. The second kappa shape index (κ2) is 2.08. The van der Waals surface area contributed by atoms with Gasteiger partial charge in [0.05, 0.1) is 13.2 Å². The first-order valence-corrected chi connectivity index (χ1v) is 3.74. The first-order valence-electron chi connectivity index (χ1n) is 2.97. The molecule has 1 aromatic heterocycles. The number of nitrogens with zero attached hydrogens (tertiary/aromatic N) is 1. The standard InChI is InChI=1S/C6H7NOS/c1-2-8-4-5-3-7-9-6(1)5/h3H,1-2,4H2. The van der Waals surface area contributed by atoms with E-state index in [-0.39, 0.29) is 0 Å². The maximum absolute atomic E-state index is 5.22. The molecule has 3 heteroatoms. The van der Waals surface area contributed by atoms with E-state index < -0.39 is 0 Å². The van der Waals surface area contributed by atoms with Crippen molar-refractivity contribution >= 4 is 11.5 Å². The van der Waals surface area contributed by atoms with Crippen LogP contribution in [0.5, 0.6) is 0 Å². The van der Waals surface area contributed by atoms with Crippen molar-refractivity contribution in [3.05, 3.63) is 16.6 Å². The van der Waals surface area contributed by atoms with Crippen LogP contribution in [0.2, 0.25) is 0 Å². The summed E-state index contributed by atoms with van der Waals surface area (Å²) in [6, 6.07) is 0. The van der Waals surface area contributed by atoms with Gasteiger partial charge in [-0.15, -0.1) is 0 Å². The zero-order chi connectivity index (χ0) is 6.10. The number of hydrogen-bond acceptors (Lipinski definition) is 3. The molecule has 0 aromatic carbocycles. The Bertz CT molecular complexity index is 188. The maximum atomic E-state index is 5.22. The van der Waals surface area contributed by atoms with Gasteiger partial charge in [-0.3, -0.25) is 0 Å². The lowest BCUT2D eigenvalue weighted by Gasteiger charge is -2.09. The van der Waals surface area contributed by atoms with Crippen LogP contribution in [0.25, 0.3) is 0 Å². The molecule has 0 saturated carbocycles. The van der Waals surface area contributed by atoms with Crippen molar-refractivity contribution in [1.29, 1.82) is 0 Å². The van der Waals surface area contributed by atoms with Crippen LogP contribution in [0.4, 0.5) is 0 Å². The van der Waals surface area contributed by atoms with Crippen LogP contribution >= 0.6 is 11.5 Å². The zero-order valence-electron chi connectivity index (χ0n) is 4.96. The fraction of sp³-hybridized carbons (Fsp3) is 0.500. The van der Waals surface area contributed by atoms with E-state index in [1.165, 1.54) is 10.4 Å². The minimum Gasteiger partial charge on any atom is -0.376 e. The summed E-state index contributed by atoms with van der Waals surface area (Å²) in [5, 5.41) is 0. The number of fused-ring (bicyclic) bond motifs is 1. The van der Waals surface area contributed by atoms with Gasteiger partial charge in [-0.2, -0.15) is 0 Å². The van der Waals surface area contributed by atoms with Crippen molar-refractivity contribution < 1.29 is 4.74 Å². The van der Waals surface area contributed by atoms with Gasteiger partial charge in [-0.1, -0.05) is 0 Å². The summed E-state index contributed by atoms with van der Waals surface area (Å²) in [4.78, 5) is 1.40. The highest BCUT2D eigenvalue weighted by molar-refractivity contribution is 7.05. The van der Waals surface area contributed by atoms with E-state index in [1.807, 2.05) is 6.20 Å². The molecule has 1 aliphatic heterocycles. The highest BCUT2D eigenvalue weighted by Crippen LogP contribution is 2.18. The van der Waals surface area contributed by atoms with Crippen molar-refractivity contribution in [3.63, 3.8) is 0 Å². The average Bonchev–Trinajstić information content (AvgIpc) is 2.33. The van der Waals surface area contributed by atoms with Gasteiger partial charge >= 0.3 is 0 Å². The molecular formula is C6H7NOS. The van der Waals surface area contributed by atoms with E-state index in [9.17, 15) is 0 Å². The SMILES string of the molecule is c1nsc2c1COCC2. The quantitative estimate of drug-likeness (QED) is 0.542. The summed E-state index contributed by atoms with van der Waals surface area (Å²) >= 11 is 1.60. The molecule has 0 saturated heterocycles. The summed E-state index contributed by atoms with van der Waals surface area (Å²) in [7, 11) is 0. The molecule has 9 heavy (non-hydrogen) atoms. The van der Waals surface area contributed by atoms with Crippen LogP contribution in [0.3, 0.4) is 0 Å². The van der Waals surface area contributed by atoms with E-state index in [2.05, 4.69) is 4.37 Å². The van der Waals surface area contributed by atoms with Crippen LogP contribution in [0, 0.1) is 0 Å². The summed E-state index contributed by atoms with van der Waals surface area (Å²) < 4.78 is 9.29. The Morgan fingerprint density at radius 2 is 2.67 bits per heavy atom. The van der Waals surface area contributed by atoms with Crippen LogP contribution in [-0.4, -0.2) is 11.0 Å². The highest BCUT2D eigenvalue weighted by atomic mass is 32.1. The number of rotatable bonds is 0. The topological polar surface area (TPSA) is 22.1 Å². The van der Waals surface area contributed by atoms with Crippen molar-refractivity contribution in [3.8, 4) is 0 Å². The van der Waals surface area contributed by atoms with Crippen molar-refractivity contribution in [2.45, 2.75) is 13.0 Å². The molecule has 0 spiro atoms. The average molecular weight is 141 g/mol. The van der Waals surface area contributed by atoms with E-state index in [4.69, 9.17) is 4.74 Å². The van der Waals surface area contributed by atoms with Gasteiger partial charge < -0.3 is 4.74 Å². The minimum absolute atomic E-state index is 0.770. The van der Waals surface area contributed by atoms with E-state index in [0.717, 1.165) is 19.6 Å². The van der Waals surface area contributed by atoms with Crippen LogP contribution < -0.4 is 0 Å². The van der Waals surface area contributed by atoms with Gasteiger partial charge in [0.25, 0.3) is 0 Å². The second-order valence-corrected chi connectivity index (χ2v) is 2.96. The number of aromatic nitrogens is 1. The third-order valence-electron chi connectivity index (χ3n) is 1.46. The van der Waals surface area contributed by atoms with E-state index >= 15 is 0 Å². The highest BCUT2D eigenvalue weighted by Gasteiger charge is 2.09. The normalized spacial score (nSPS) is 17.3. The van der Waals surface area contributed by atoms with Gasteiger partial charge in [0.2, 0.25) is 0 Å². The molecule has 2 heterocycles. The first kappa shape index (κ1) is 5.38. The second-order valence-electron chi connectivity index (χ2n) is 2.08. The van der Waals surface area contributed by atoms with Gasteiger partial charge in [0.15, 0.2) is 0 Å². The molecule has 2 rings (SSSR count). The molecular weight excluding hydrogens is 134 g/mol. The lowest BCUT2D eigenvalue weighted by molar-refractivity contribution is 0.112. The number of ether oxygens (including phenoxy) is 1. The Hall–Kier alpha value is -0.410.